The molecule has 0 aliphatic heterocycles. The fraction of sp³-hybridized carbons (Fsp3) is 0.381. The number of benzene rings is 4. The number of aryl methyl sites for hydroxylation is 8. The van der Waals surface area contributed by atoms with E-state index in [1.165, 1.54) is 0 Å². The Kier molecular flexibility index (Phi) is 10.4. The van der Waals surface area contributed by atoms with Gasteiger partial charge >= 0.3 is 0 Å². The van der Waals surface area contributed by atoms with Crippen molar-refractivity contribution in [3.8, 4) is 5.75 Å². The van der Waals surface area contributed by atoms with Gasteiger partial charge in [-0.05, 0) is 96.9 Å². The highest BCUT2D eigenvalue weighted by molar-refractivity contribution is 5.88. The molecule has 2 unspecified atom stereocenters. The van der Waals surface area contributed by atoms with Gasteiger partial charge in [-0.15, -0.1) is 0 Å². The normalized spacial score (nSPS) is 16.9. The highest BCUT2D eigenvalue weighted by atomic mass is 16.5. The molecule has 6 heteroatoms. The first-order chi connectivity index (χ1) is 22.7. The van der Waals surface area contributed by atoms with Crippen LogP contribution in [-0.2, 0) is 9.59 Å². The van der Waals surface area contributed by atoms with Crippen LogP contribution in [0, 0.1) is 55.4 Å². The highest BCUT2D eigenvalue weighted by Gasteiger charge is 2.39. The van der Waals surface area contributed by atoms with Gasteiger partial charge in [0.15, 0.2) is 0 Å². The maximum atomic E-state index is 14.6. The van der Waals surface area contributed by atoms with Crippen LogP contribution in [0.4, 0.5) is 0 Å². The zero-order chi connectivity index (χ0) is 34.9. The Labute approximate surface area is 285 Å². The number of hydrogen-bond donors (Lipinski definition) is 2. The second-order valence-corrected chi connectivity index (χ2v) is 14.2. The van der Waals surface area contributed by atoms with E-state index >= 15 is 0 Å². The molecule has 0 radical (unpaired) electrons. The van der Waals surface area contributed by atoms with Gasteiger partial charge in [0.25, 0.3) is 5.91 Å². The lowest BCUT2D eigenvalue weighted by molar-refractivity contribution is -0.188. The van der Waals surface area contributed by atoms with E-state index in [1.807, 2.05) is 104 Å². The Morgan fingerprint density at radius 2 is 1.06 bits per heavy atom. The van der Waals surface area contributed by atoms with Gasteiger partial charge in [0.2, 0.25) is 5.91 Å². The average molecular weight is 647 g/mol. The molecule has 252 valence electrons. The first kappa shape index (κ1) is 34.9. The van der Waals surface area contributed by atoms with Crippen LogP contribution in [0.5, 0.6) is 5.75 Å². The molecule has 3 N–H and O–H groups in total. The molecule has 0 saturated heterocycles. The third-order valence-corrected chi connectivity index (χ3v) is 9.50. The Balaban J connectivity index is 1.55. The Hall–Kier alpha value is -4.42. The van der Waals surface area contributed by atoms with Crippen LogP contribution in [0.1, 0.15) is 104 Å². The summed E-state index contributed by atoms with van der Waals surface area (Å²) in [6.45, 7) is 16.1. The van der Waals surface area contributed by atoms with Crippen LogP contribution in [0.15, 0.2) is 66.7 Å². The first-order valence-electron chi connectivity index (χ1n) is 17.1. The van der Waals surface area contributed by atoms with E-state index in [2.05, 4.69) is 18.2 Å². The van der Waals surface area contributed by atoms with Crippen molar-refractivity contribution in [1.82, 2.24) is 5.06 Å². The smallest absolute Gasteiger partial charge is 0.258 e. The van der Waals surface area contributed by atoms with Crippen LogP contribution in [0.25, 0.3) is 0 Å². The number of amides is 2. The molecule has 4 aromatic rings. The zero-order valence-electron chi connectivity index (χ0n) is 29.7. The number of carbonyl (C=O) groups excluding carboxylic acids is 2. The van der Waals surface area contributed by atoms with Crippen LogP contribution in [-0.4, -0.2) is 34.2 Å². The Morgan fingerprint density at radius 1 is 0.646 bits per heavy atom. The summed E-state index contributed by atoms with van der Waals surface area (Å²) in [6, 6.07) is 21.8. The van der Waals surface area contributed by atoms with Gasteiger partial charge in [0, 0.05) is 5.56 Å². The average Bonchev–Trinajstić information content (AvgIpc) is 2.97. The van der Waals surface area contributed by atoms with Gasteiger partial charge < -0.3 is 10.5 Å². The minimum absolute atomic E-state index is 0.378. The Morgan fingerprint density at radius 3 is 1.52 bits per heavy atom. The van der Waals surface area contributed by atoms with Gasteiger partial charge in [-0.1, -0.05) is 112 Å². The molecule has 1 aliphatic rings. The molecular weight excluding hydrogens is 596 g/mol. The third-order valence-electron chi connectivity index (χ3n) is 9.50. The van der Waals surface area contributed by atoms with Crippen molar-refractivity contribution >= 4 is 11.8 Å². The zero-order valence-corrected chi connectivity index (χ0v) is 29.7. The fourth-order valence-corrected chi connectivity index (χ4v) is 7.81. The number of carbonyl (C=O) groups is 2. The van der Waals surface area contributed by atoms with Gasteiger partial charge in [0.1, 0.15) is 11.9 Å². The number of hydroxylamine groups is 2. The van der Waals surface area contributed by atoms with E-state index < -0.39 is 29.9 Å². The van der Waals surface area contributed by atoms with Crippen LogP contribution in [0.2, 0.25) is 0 Å². The quantitative estimate of drug-likeness (QED) is 0.141. The molecule has 48 heavy (non-hydrogen) atoms. The second-order valence-electron chi connectivity index (χ2n) is 14.2. The lowest BCUT2D eigenvalue weighted by Crippen LogP contribution is -2.50. The van der Waals surface area contributed by atoms with Crippen molar-refractivity contribution in [2.75, 3.05) is 0 Å². The van der Waals surface area contributed by atoms with E-state index in [0.717, 1.165) is 79.1 Å². The first-order valence-corrected chi connectivity index (χ1v) is 17.1. The number of nitrogens with zero attached hydrogens (tertiary/aromatic N) is 1. The number of ether oxygens (including phenoxy) is 1. The number of rotatable bonds is 9. The van der Waals surface area contributed by atoms with Crippen molar-refractivity contribution in [3.63, 3.8) is 0 Å². The predicted octanol–water partition coefficient (Wildman–Crippen LogP) is 8.51. The minimum Gasteiger partial charge on any atom is -0.488 e. The Bertz CT molecular complexity index is 1730. The van der Waals surface area contributed by atoms with Gasteiger partial charge in [-0.3, -0.25) is 14.8 Å². The molecule has 3 atom stereocenters. The molecule has 6 nitrogen and oxygen atoms in total. The van der Waals surface area contributed by atoms with Crippen LogP contribution < -0.4 is 10.5 Å². The van der Waals surface area contributed by atoms with Gasteiger partial charge in [-0.2, -0.15) is 0 Å². The molecule has 2 amide bonds. The van der Waals surface area contributed by atoms with Crippen LogP contribution >= 0.6 is 0 Å². The molecule has 0 heterocycles. The van der Waals surface area contributed by atoms with E-state index in [-0.39, 0.29) is 5.91 Å². The number of nitrogens with two attached hydrogens (primary N) is 1. The molecule has 1 aliphatic carbocycles. The summed E-state index contributed by atoms with van der Waals surface area (Å²) < 4.78 is 6.88. The van der Waals surface area contributed by atoms with Crippen LogP contribution in [0.3, 0.4) is 0 Å². The standard InChI is InChI=1S/C42H50N2O4/c1-24-13-25(2)18-32(17-24)38(33-19-26(3)14-27(4)20-33)42(46)44(47)36-11-9-10-12-37(36)48-40-31(8)16-30(7)23-35(40)39(41(43)45)34-21-28(5)15-29(6)22-34/h13-23,36-39,47H,9-12H2,1-8H3,(H2,43,45)/t36?,37-,39?/m1/s1. The van der Waals surface area contributed by atoms with E-state index in [1.54, 1.807) is 0 Å². The largest absolute Gasteiger partial charge is 0.488 e. The molecular formula is C42H50N2O4. The summed E-state index contributed by atoms with van der Waals surface area (Å²) >= 11 is 0. The summed E-state index contributed by atoms with van der Waals surface area (Å²) in [5.74, 6) is -1.66. The van der Waals surface area contributed by atoms with Crippen molar-refractivity contribution in [2.45, 2.75) is 105 Å². The van der Waals surface area contributed by atoms with E-state index in [4.69, 9.17) is 10.5 Å². The molecule has 5 rings (SSSR count). The molecule has 1 fully saturated rings. The molecule has 0 bridgehead atoms. The van der Waals surface area contributed by atoms with Crippen molar-refractivity contribution in [2.24, 2.45) is 5.73 Å². The van der Waals surface area contributed by atoms with Gasteiger partial charge in [0.05, 0.1) is 17.9 Å². The maximum absolute atomic E-state index is 14.6. The topological polar surface area (TPSA) is 92.9 Å². The van der Waals surface area contributed by atoms with Crippen molar-refractivity contribution in [1.29, 1.82) is 0 Å². The highest BCUT2D eigenvalue weighted by Crippen LogP contribution is 2.39. The summed E-state index contributed by atoms with van der Waals surface area (Å²) in [5.41, 5.74) is 17.6. The van der Waals surface area contributed by atoms with E-state index in [9.17, 15) is 14.8 Å². The third kappa shape index (κ3) is 7.65. The van der Waals surface area contributed by atoms with E-state index in [0.29, 0.717) is 24.2 Å². The minimum atomic E-state index is -0.718. The number of hydrogen-bond acceptors (Lipinski definition) is 4. The molecule has 0 aromatic heterocycles. The van der Waals surface area contributed by atoms with Crippen molar-refractivity contribution < 1.29 is 19.5 Å². The predicted molar refractivity (Wildman–Crippen MR) is 192 cm³/mol. The van der Waals surface area contributed by atoms with Crippen molar-refractivity contribution in [3.05, 3.63) is 133 Å². The second kappa shape index (κ2) is 14.4. The fourth-order valence-electron chi connectivity index (χ4n) is 7.81. The monoisotopic (exact) mass is 646 g/mol. The number of primary amides is 1. The molecule has 0 spiro atoms. The summed E-state index contributed by atoms with van der Waals surface area (Å²) in [4.78, 5) is 27.7. The summed E-state index contributed by atoms with van der Waals surface area (Å²) in [7, 11) is 0. The SMILES string of the molecule is Cc1cc(C)cc(C(C(=O)N(O)C2CCCC[C@H]2Oc2c(C)cc(C)cc2C(C(N)=O)c2cc(C)cc(C)c2)c2cc(C)cc(C)c2)c1. The lowest BCUT2D eigenvalue weighted by atomic mass is 9.85. The molecule has 1 saturated carbocycles. The molecule has 4 aromatic carbocycles. The summed E-state index contributed by atoms with van der Waals surface area (Å²) in [5, 5.41) is 12.9. The lowest BCUT2D eigenvalue weighted by Gasteiger charge is -2.38. The maximum Gasteiger partial charge on any atom is 0.258 e. The van der Waals surface area contributed by atoms with Gasteiger partial charge in [-0.25, -0.2) is 5.06 Å². The summed E-state index contributed by atoms with van der Waals surface area (Å²) in [6.07, 6.45) is 2.52.